The Morgan fingerprint density at radius 1 is 1.56 bits per heavy atom. The van der Waals surface area contributed by atoms with Gasteiger partial charge in [-0.05, 0) is 43.5 Å². The van der Waals surface area contributed by atoms with Gasteiger partial charge >= 0.3 is 0 Å². The molecule has 0 saturated heterocycles. The van der Waals surface area contributed by atoms with Crippen LogP contribution in [0.3, 0.4) is 0 Å². The molecule has 1 saturated carbocycles. The van der Waals surface area contributed by atoms with E-state index in [0.29, 0.717) is 13.0 Å². The van der Waals surface area contributed by atoms with Crippen molar-refractivity contribution in [1.29, 1.82) is 0 Å². The van der Waals surface area contributed by atoms with Crippen LogP contribution in [0.5, 0.6) is 5.75 Å². The van der Waals surface area contributed by atoms with Crippen LogP contribution in [0.4, 0.5) is 0 Å². The highest BCUT2D eigenvalue weighted by Crippen LogP contribution is 2.49. The SMILES string of the molecule is Cc1cc(OCC2(CC(N)=NO)CC2)ccc1Cl. The lowest BCUT2D eigenvalue weighted by atomic mass is 10.0. The van der Waals surface area contributed by atoms with E-state index in [-0.39, 0.29) is 11.3 Å². The number of hydrogen-bond acceptors (Lipinski definition) is 3. The van der Waals surface area contributed by atoms with Crippen LogP contribution in [0.25, 0.3) is 0 Å². The first kappa shape index (κ1) is 13.0. The molecule has 1 fully saturated rings. The second-order valence-corrected chi connectivity index (χ2v) is 5.37. The van der Waals surface area contributed by atoms with Gasteiger partial charge in [-0.2, -0.15) is 0 Å². The smallest absolute Gasteiger partial charge is 0.139 e. The average molecular weight is 269 g/mol. The Morgan fingerprint density at radius 3 is 2.83 bits per heavy atom. The Morgan fingerprint density at radius 2 is 2.28 bits per heavy atom. The summed E-state index contributed by atoms with van der Waals surface area (Å²) in [4.78, 5) is 0. The summed E-state index contributed by atoms with van der Waals surface area (Å²) in [6, 6.07) is 5.60. The van der Waals surface area contributed by atoms with Crippen molar-refractivity contribution in [1.82, 2.24) is 0 Å². The summed E-state index contributed by atoms with van der Waals surface area (Å²) in [6.45, 7) is 2.53. The van der Waals surface area contributed by atoms with E-state index in [0.717, 1.165) is 29.2 Å². The molecule has 3 N–H and O–H groups in total. The minimum absolute atomic E-state index is 0.0455. The Labute approximate surface area is 111 Å². The van der Waals surface area contributed by atoms with Gasteiger partial charge in [-0.25, -0.2) is 0 Å². The topological polar surface area (TPSA) is 67.8 Å². The van der Waals surface area contributed by atoms with E-state index in [2.05, 4.69) is 5.16 Å². The third-order valence-corrected chi connectivity index (χ3v) is 3.74. The first-order chi connectivity index (χ1) is 8.54. The number of nitrogens with zero attached hydrogens (tertiary/aromatic N) is 1. The largest absolute Gasteiger partial charge is 0.493 e. The third kappa shape index (κ3) is 3.07. The zero-order chi connectivity index (χ0) is 13.2. The minimum Gasteiger partial charge on any atom is -0.493 e. The summed E-state index contributed by atoms with van der Waals surface area (Å²) in [6.07, 6.45) is 2.68. The van der Waals surface area contributed by atoms with E-state index < -0.39 is 0 Å². The summed E-state index contributed by atoms with van der Waals surface area (Å²) in [5, 5.41) is 12.3. The molecule has 0 aliphatic heterocycles. The maximum Gasteiger partial charge on any atom is 0.139 e. The van der Waals surface area contributed by atoms with E-state index in [4.69, 9.17) is 27.3 Å². The van der Waals surface area contributed by atoms with Gasteiger partial charge in [0.1, 0.15) is 11.6 Å². The van der Waals surface area contributed by atoms with E-state index in [1.165, 1.54) is 0 Å². The highest BCUT2D eigenvalue weighted by molar-refractivity contribution is 6.31. The first-order valence-corrected chi connectivity index (χ1v) is 6.28. The average Bonchev–Trinajstić information content (AvgIpc) is 3.11. The lowest BCUT2D eigenvalue weighted by molar-refractivity contribution is 0.236. The van der Waals surface area contributed by atoms with Crippen LogP contribution in [0.15, 0.2) is 23.4 Å². The number of aryl methyl sites for hydroxylation is 1. The molecule has 1 aromatic rings. The molecule has 1 aliphatic rings. The molecule has 0 unspecified atom stereocenters. The molecular formula is C13H17ClN2O2. The van der Waals surface area contributed by atoms with Crippen LogP contribution >= 0.6 is 11.6 Å². The maximum atomic E-state index is 8.59. The fourth-order valence-electron chi connectivity index (χ4n) is 1.91. The number of rotatable bonds is 5. The van der Waals surface area contributed by atoms with E-state index in [1.54, 1.807) is 0 Å². The molecule has 1 aromatic carbocycles. The van der Waals surface area contributed by atoms with Crippen LogP contribution < -0.4 is 10.5 Å². The lowest BCUT2D eigenvalue weighted by Gasteiger charge is -2.15. The van der Waals surface area contributed by atoms with Crippen molar-refractivity contribution in [3.05, 3.63) is 28.8 Å². The molecule has 0 amide bonds. The number of halogens is 1. The molecule has 4 nitrogen and oxygen atoms in total. The van der Waals surface area contributed by atoms with Gasteiger partial charge in [-0.1, -0.05) is 16.8 Å². The van der Waals surface area contributed by atoms with Crippen molar-refractivity contribution < 1.29 is 9.94 Å². The standard InChI is InChI=1S/C13H17ClN2O2/c1-9-6-10(2-3-11(9)14)18-8-13(4-5-13)7-12(15)16-17/h2-3,6,17H,4-5,7-8H2,1H3,(H2,15,16). The van der Waals surface area contributed by atoms with Crippen molar-refractivity contribution in [2.45, 2.75) is 26.2 Å². The molecule has 0 bridgehead atoms. The number of oxime groups is 1. The molecular weight excluding hydrogens is 252 g/mol. The van der Waals surface area contributed by atoms with Crippen LogP contribution in [-0.2, 0) is 0 Å². The second-order valence-electron chi connectivity index (χ2n) is 4.97. The second kappa shape index (κ2) is 5.06. The zero-order valence-electron chi connectivity index (χ0n) is 10.3. The maximum absolute atomic E-state index is 8.59. The van der Waals surface area contributed by atoms with Crippen molar-refractivity contribution in [2.24, 2.45) is 16.3 Å². The molecule has 0 radical (unpaired) electrons. The van der Waals surface area contributed by atoms with Gasteiger partial charge in [0, 0.05) is 16.9 Å². The third-order valence-electron chi connectivity index (χ3n) is 3.32. The predicted octanol–water partition coefficient (Wildman–Crippen LogP) is 2.94. The first-order valence-electron chi connectivity index (χ1n) is 5.90. The molecule has 0 aromatic heterocycles. The highest BCUT2D eigenvalue weighted by Gasteiger charge is 2.44. The van der Waals surface area contributed by atoms with Gasteiger partial charge in [-0.3, -0.25) is 0 Å². The summed E-state index contributed by atoms with van der Waals surface area (Å²) < 4.78 is 5.76. The van der Waals surface area contributed by atoms with Gasteiger partial charge in [0.05, 0.1) is 6.61 Å². The summed E-state index contributed by atoms with van der Waals surface area (Å²) in [7, 11) is 0. The molecule has 98 valence electrons. The van der Waals surface area contributed by atoms with Gasteiger partial charge in [0.2, 0.25) is 0 Å². The number of benzene rings is 1. The number of hydrogen-bond donors (Lipinski definition) is 2. The zero-order valence-corrected chi connectivity index (χ0v) is 11.1. The Hall–Kier alpha value is -1.42. The van der Waals surface area contributed by atoms with Crippen molar-refractivity contribution >= 4 is 17.4 Å². The predicted molar refractivity (Wildman–Crippen MR) is 71.4 cm³/mol. The molecule has 0 heterocycles. The van der Waals surface area contributed by atoms with Crippen molar-refractivity contribution in [3.8, 4) is 5.75 Å². The molecule has 5 heteroatoms. The Balaban J connectivity index is 1.93. The molecule has 18 heavy (non-hydrogen) atoms. The fraction of sp³-hybridized carbons (Fsp3) is 0.462. The minimum atomic E-state index is 0.0455. The van der Waals surface area contributed by atoms with Gasteiger partial charge in [-0.15, -0.1) is 0 Å². The van der Waals surface area contributed by atoms with E-state index >= 15 is 0 Å². The summed E-state index contributed by atoms with van der Waals surface area (Å²) >= 11 is 5.96. The van der Waals surface area contributed by atoms with E-state index in [1.807, 2.05) is 25.1 Å². The van der Waals surface area contributed by atoms with Crippen LogP contribution in [-0.4, -0.2) is 17.6 Å². The fourth-order valence-corrected chi connectivity index (χ4v) is 2.03. The summed E-state index contributed by atoms with van der Waals surface area (Å²) in [5.74, 6) is 1.08. The summed E-state index contributed by atoms with van der Waals surface area (Å²) in [5.41, 5.74) is 6.58. The quantitative estimate of drug-likeness (QED) is 0.373. The van der Waals surface area contributed by atoms with Gasteiger partial charge < -0.3 is 15.7 Å². The molecule has 0 atom stereocenters. The van der Waals surface area contributed by atoms with Gasteiger partial charge in [0.25, 0.3) is 0 Å². The number of amidine groups is 1. The van der Waals surface area contributed by atoms with Crippen LogP contribution in [0.1, 0.15) is 24.8 Å². The van der Waals surface area contributed by atoms with Gasteiger partial charge in [0.15, 0.2) is 0 Å². The van der Waals surface area contributed by atoms with Crippen molar-refractivity contribution in [2.75, 3.05) is 6.61 Å². The Bertz CT molecular complexity index is 470. The van der Waals surface area contributed by atoms with E-state index in [9.17, 15) is 0 Å². The number of nitrogens with two attached hydrogens (primary N) is 1. The van der Waals surface area contributed by atoms with Crippen molar-refractivity contribution in [3.63, 3.8) is 0 Å². The highest BCUT2D eigenvalue weighted by atomic mass is 35.5. The molecule has 0 spiro atoms. The molecule has 2 rings (SSSR count). The monoisotopic (exact) mass is 268 g/mol. The normalized spacial score (nSPS) is 17.6. The van der Waals surface area contributed by atoms with Crippen LogP contribution in [0.2, 0.25) is 5.02 Å². The Kier molecular flexibility index (Phi) is 3.66. The molecule has 1 aliphatic carbocycles. The van der Waals surface area contributed by atoms with Crippen LogP contribution in [0, 0.1) is 12.3 Å². The number of ether oxygens (including phenoxy) is 1. The lowest BCUT2D eigenvalue weighted by Crippen LogP contribution is -2.22.